The number of aromatic nitrogens is 1. The molecule has 2 aromatic carbocycles. The lowest BCUT2D eigenvalue weighted by atomic mass is 10.1. The standard InChI is InChI=1S/C19H22N2O3S.C3H4N2S.H2/c1-14-2-4-15(5-3-14)10-12-20-18-11-13-21(19(18)22)16-6-8-17(9-7-16)25(23)24;4-3-5-1-2-6-3;/h2-9,18,20H,10-13H2,1H3,(H,23,24);1-2H,(H2,4,5);1H/p-1. The molecule has 1 saturated heterocycles. The number of nitrogens with one attached hydrogen (secondary N) is 1. The number of carbonyl (C=O) groups excluding carboxylic acids is 1. The van der Waals surface area contributed by atoms with Gasteiger partial charge >= 0.3 is 0 Å². The van der Waals surface area contributed by atoms with E-state index in [1.54, 1.807) is 23.2 Å². The van der Waals surface area contributed by atoms with Crippen molar-refractivity contribution in [2.45, 2.75) is 30.7 Å². The Bertz CT molecular complexity index is 999. The second kappa shape index (κ2) is 11.1. The van der Waals surface area contributed by atoms with Crippen molar-refractivity contribution in [3.05, 3.63) is 71.2 Å². The van der Waals surface area contributed by atoms with E-state index in [1.807, 2.05) is 5.38 Å². The van der Waals surface area contributed by atoms with Crippen LogP contribution in [0.2, 0.25) is 0 Å². The first-order valence-corrected chi connectivity index (χ1v) is 11.8. The number of carbonyl (C=O) groups is 1. The summed E-state index contributed by atoms with van der Waals surface area (Å²) >= 11 is -0.800. The van der Waals surface area contributed by atoms with Gasteiger partial charge < -0.3 is 20.5 Å². The van der Waals surface area contributed by atoms with Crippen LogP contribution in [0.5, 0.6) is 0 Å². The van der Waals surface area contributed by atoms with Crippen LogP contribution in [0.3, 0.4) is 0 Å². The Morgan fingerprint density at radius 1 is 1.26 bits per heavy atom. The maximum atomic E-state index is 12.6. The third-order valence-electron chi connectivity index (χ3n) is 4.92. The lowest BCUT2D eigenvalue weighted by molar-refractivity contribution is -0.118. The normalized spacial score (nSPS) is 16.6. The Morgan fingerprint density at radius 3 is 2.52 bits per heavy atom. The molecule has 31 heavy (non-hydrogen) atoms. The zero-order valence-electron chi connectivity index (χ0n) is 17.2. The molecular weight excluding hydrogens is 432 g/mol. The molecule has 0 saturated carbocycles. The first-order valence-electron chi connectivity index (χ1n) is 9.88. The molecule has 2 heterocycles. The number of amides is 1. The minimum atomic E-state index is -2.24. The molecule has 1 fully saturated rings. The first-order chi connectivity index (χ1) is 14.9. The number of thiazole rings is 1. The molecule has 1 aliphatic rings. The smallest absolute Gasteiger partial charge is 0.244 e. The zero-order chi connectivity index (χ0) is 22.2. The van der Waals surface area contributed by atoms with Gasteiger partial charge in [-0.15, -0.1) is 11.3 Å². The van der Waals surface area contributed by atoms with Gasteiger partial charge in [0.05, 0.1) is 6.04 Å². The highest BCUT2D eigenvalue weighted by Gasteiger charge is 2.31. The van der Waals surface area contributed by atoms with E-state index < -0.39 is 11.1 Å². The van der Waals surface area contributed by atoms with Crippen molar-refractivity contribution in [2.75, 3.05) is 23.7 Å². The second-order valence-corrected chi connectivity index (χ2v) is 8.99. The minimum absolute atomic E-state index is 0. The second-order valence-electron chi connectivity index (χ2n) is 7.12. The Kier molecular flexibility index (Phi) is 8.30. The zero-order valence-corrected chi connectivity index (χ0v) is 18.8. The summed E-state index contributed by atoms with van der Waals surface area (Å²) in [5, 5.41) is 5.81. The van der Waals surface area contributed by atoms with E-state index >= 15 is 0 Å². The number of anilines is 2. The minimum Gasteiger partial charge on any atom is -0.768 e. The average molecular weight is 460 g/mol. The van der Waals surface area contributed by atoms with Crippen LogP contribution in [0.1, 0.15) is 19.0 Å². The molecule has 0 spiro atoms. The van der Waals surface area contributed by atoms with Gasteiger partial charge in [-0.05, 0) is 67.2 Å². The van der Waals surface area contributed by atoms with Crippen LogP contribution in [0.15, 0.2) is 65.0 Å². The van der Waals surface area contributed by atoms with Crippen molar-refractivity contribution in [1.29, 1.82) is 0 Å². The molecule has 9 heteroatoms. The Morgan fingerprint density at radius 2 is 1.97 bits per heavy atom. The fraction of sp³-hybridized carbons (Fsp3) is 0.273. The number of nitrogen functional groups attached to an aromatic ring is 1. The largest absolute Gasteiger partial charge is 0.768 e. The Labute approximate surface area is 190 Å². The molecule has 1 aliphatic heterocycles. The summed E-state index contributed by atoms with van der Waals surface area (Å²) in [6.07, 6.45) is 3.32. The summed E-state index contributed by atoms with van der Waals surface area (Å²) in [4.78, 5) is 18.2. The van der Waals surface area contributed by atoms with Gasteiger partial charge in [-0.3, -0.25) is 9.00 Å². The number of aryl methyl sites for hydroxylation is 1. The molecule has 166 valence electrons. The Hall–Kier alpha value is -2.59. The molecule has 4 rings (SSSR count). The van der Waals surface area contributed by atoms with Crippen LogP contribution >= 0.6 is 11.3 Å². The highest BCUT2D eigenvalue weighted by Crippen LogP contribution is 2.22. The number of hydrogen-bond acceptors (Lipinski definition) is 7. The molecule has 0 radical (unpaired) electrons. The van der Waals surface area contributed by atoms with Gasteiger partial charge in [-0.1, -0.05) is 29.8 Å². The highest BCUT2D eigenvalue weighted by molar-refractivity contribution is 7.79. The van der Waals surface area contributed by atoms with Gasteiger partial charge in [0.2, 0.25) is 5.91 Å². The van der Waals surface area contributed by atoms with E-state index in [9.17, 15) is 13.6 Å². The maximum absolute atomic E-state index is 12.6. The monoisotopic (exact) mass is 459 g/mol. The predicted octanol–water partition coefficient (Wildman–Crippen LogP) is 3.14. The number of nitrogens with two attached hydrogens (primary N) is 1. The van der Waals surface area contributed by atoms with Crippen molar-refractivity contribution in [2.24, 2.45) is 0 Å². The van der Waals surface area contributed by atoms with Crippen LogP contribution in [0, 0.1) is 6.92 Å². The van der Waals surface area contributed by atoms with Crippen LogP contribution in [-0.4, -0.2) is 38.8 Å². The molecule has 3 aromatic rings. The molecular formula is C22H27N4O3S2-. The van der Waals surface area contributed by atoms with Gasteiger partial charge in [0.15, 0.2) is 5.13 Å². The fourth-order valence-electron chi connectivity index (χ4n) is 3.24. The van der Waals surface area contributed by atoms with Crippen molar-refractivity contribution < 1.29 is 15.0 Å². The van der Waals surface area contributed by atoms with Gasteiger partial charge in [0.25, 0.3) is 0 Å². The van der Waals surface area contributed by atoms with Crippen molar-refractivity contribution in [1.82, 2.24) is 10.3 Å². The van der Waals surface area contributed by atoms with Crippen LogP contribution in [-0.2, 0) is 22.3 Å². The van der Waals surface area contributed by atoms with Crippen LogP contribution in [0.25, 0.3) is 0 Å². The van der Waals surface area contributed by atoms with E-state index in [2.05, 4.69) is 41.5 Å². The summed E-state index contributed by atoms with van der Waals surface area (Å²) in [5.41, 5.74) is 8.42. The molecule has 0 bridgehead atoms. The predicted molar refractivity (Wildman–Crippen MR) is 126 cm³/mol. The lowest BCUT2D eigenvalue weighted by Gasteiger charge is -2.18. The fourth-order valence-corrected chi connectivity index (χ4v) is 3.98. The van der Waals surface area contributed by atoms with Gasteiger partial charge in [-0.25, -0.2) is 4.98 Å². The van der Waals surface area contributed by atoms with E-state index in [1.165, 1.54) is 34.6 Å². The summed E-state index contributed by atoms with van der Waals surface area (Å²) in [5.74, 6) is 0.0416. The lowest BCUT2D eigenvalue weighted by Crippen LogP contribution is -2.39. The quantitative estimate of drug-likeness (QED) is 0.548. The molecule has 7 nitrogen and oxygen atoms in total. The molecule has 0 aliphatic carbocycles. The summed E-state index contributed by atoms with van der Waals surface area (Å²) in [6.45, 7) is 3.46. The average Bonchev–Trinajstić information content (AvgIpc) is 3.39. The van der Waals surface area contributed by atoms with Gasteiger partial charge in [-0.2, -0.15) is 0 Å². The molecule has 3 N–H and O–H groups in total. The van der Waals surface area contributed by atoms with Crippen molar-refractivity contribution in [3.8, 4) is 0 Å². The first kappa shape index (κ1) is 23.1. The summed E-state index contributed by atoms with van der Waals surface area (Å²) in [6, 6.07) is 14.6. The topological polar surface area (TPSA) is 111 Å². The van der Waals surface area contributed by atoms with Crippen molar-refractivity contribution >= 4 is 39.1 Å². The molecule has 1 amide bonds. The summed E-state index contributed by atoms with van der Waals surface area (Å²) < 4.78 is 21.8. The van der Waals surface area contributed by atoms with Crippen LogP contribution in [0.4, 0.5) is 10.8 Å². The third-order valence-corrected chi connectivity index (χ3v) is 6.18. The van der Waals surface area contributed by atoms with E-state index in [4.69, 9.17) is 5.73 Å². The van der Waals surface area contributed by atoms with Crippen LogP contribution < -0.4 is 16.0 Å². The van der Waals surface area contributed by atoms with E-state index in [0.717, 1.165) is 25.1 Å². The molecule has 2 atom stereocenters. The van der Waals surface area contributed by atoms with Gasteiger partial charge in [0.1, 0.15) is 0 Å². The number of rotatable bonds is 6. The molecule has 2 unspecified atom stereocenters. The molecule has 1 aromatic heterocycles. The number of nitrogens with zero attached hydrogens (tertiary/aromatic N) is 2. The third kappa shape index (κ3) is 6.70. The highest BCUT2D eigenvalue weighted by atomic mass is 32.2. The Balaban J connectivity index is 0.000000450. The SMILES string of the molecule is Cc1ccc(CCNC2CCN(c3ccc(S(=O)[O-])cc3)C2=O)cc1.Nc1nccs1.[HH]. The van der Waals surface area contributed by atoms with Crippen molar-refractivity contribution in [3.63, 3.8) is 0 Å². The summed E-state index contributed by atoms with van der Waals surface area (Å²) in [7, 11) is 0. The van der Waals surface area contributed by atoms with E-state index in [-0.39, 0.29) is 18.3 Å². The number of benzene rings is 2. The maximum Gasteiger partial charge on any atom is 0.244 e. The van der Waals surface area contributed by atoms with Gasteiger partial charge in [0, 0.05) is 30.1 Å². The van der Waals surface area contributed by atoms with E-state index in [0.29, 0.717) is 11.7 Å². The number of hydrogen-bond donors (Lipinski definition) is 2.